The van der Waals surface area contributed by atoms with Crippen LogP contribution in [0.25, 0.3) is 11.3 Å². The zero-order valence-electron chi connectivity index (χ0n) is 19.6. The highest BCUT2D eigenvalue weighted by atomic mass is 16.5. The predicted molar refractivity (Wildman–Crippen MR) is 128 cm³/mol. The van der Waals surface area contributed by atoms with Crippen molar-refractivity contribution in [2.24, 2.45) is 0 Å². The number of amides is 2. The Balaban J connectivity index is 1.42. The van der Waals surface area contributed by atoms with E-state index in [9.17, 15) is 9.59 Å². The Morgan fingerprint density at radius 1 is 1.06 bits per heavy atom. The van der Waals surface area contributed by atoms with E-state index in [-0.39, 0.29) is 23.8 Å². The largest absolute Gasteiger partial charge is 0.461 e. The fraction of sp³-hybridized carbons (Fsp3) is 0.333. The van der Waals surface area contributed by atoms with Crippen molar-refractivity contribution in [2.75, 3.05) is 25.6 Å². The Morgan fingerprint density at radius 3 is 2.39 bits per heavy atom. The van der Waals surface area contributed by atoms with Crippen LogP contribution in [-0.2, 0) is 27.9 Å². The molecule has 3 aromatic rings. The smallest absolute Gasteiger partial charge is 0.255 e. The third kappa shape index (κ3) is 5.17. The minimum Gasteiger partial charge on any atom is -0.461 e. The van der Waals surface area contributed by atoms with Crippen LogP contribution in [0.15, 0.2) is 59.0 Å². The molecule has 0 atom stereocenters. The molecule has 172 valence electrons. The lowest BCUT2D eigenvalue weighted by Crippen LogP contribution is -2.37. The maximum atomic E-state index is 12.6. The van der Waals surface area contributed by atoms with Gasteiger partial charge in [-0.1, -0.05) is 32.9 Å². The highest BCUT2D eigenvalue weighted by Gasteiger charge is 2.24. The van der Waals surface area contributed by atoms with E-state index in [1.54, 1.807) is 4.90 Å². The van der Waals surface area contributed by atoms with Gasteiger partial charge < -0.3 is 19.4 Å². The summed E-state index contributed by atoms with van der Waals surface area (Å²) in [5, 5.41) is 2.95. The molecule has 1 N–H and O–H groups in total. The number of carbonyl (C=O) groups is 2. The maximum Gasteiger partial charge on any atom is 0.255 e. The second-order valence-electron chi connectivity index (χ2n) is 9.42. The number of fused-ring (bicyclic) bond motifs is 1. The minimum atomic E-state index is -0.141. The van der Waals surface area contributed by atoms with Gasteiger partial charge in [-0.25, -0.2) is 0 Å². The molecule has 0 unspecified atom stereocenters. The monoisotopic (exact) mass is 446 g/mol. The lowest BCUT2D eigenvalue weighted by molar-refractivity contribution is -0.136. The molecule has 6 nitrogen and oxygen atoms in total. The van der Waals surface area contributed by atoms with Gasteiger partial charge in [0.25, 0.3) is 5.91 Å². The number of hydrogen-bond acceptors (Lipinski definition) is 4. The number of carbonyl (C=O) groups excluding carboxylic acids is 2. The third-order valence-electron chi connectivity index (χ3n) is 5.93. The van der Waals surface area contributed by atoms with Crippen molar-refractivity contribution in [3.63, 3.8) is 0 Å². The molecule has 2 heterocycles. The fourth-order valence-corrected chi connectivity index (χ4v) is 3.95. The van der Waals surface area contributed by atoms with Crippen molar-refractivity contribution in [2.45, 2.75) is 39.2 Å². The molecule has 0 aliphatic carbocycles. The molecule has 4 rings (SSSR count). The van der Waals surface area contributed by atoms with E-state index in [4.69, 9.17) is 9.15 Å². The first-order valence-electron chi connectivity index (χ1n) is 11.2. The van der Waals surface area contributed by atoms with E-state index in [2.05, 4.69) is 26.1 Å². The molecule has 1 aromatic heterocycles. The first-order chi connectivity index (χ1) is 15.7. The molecule has 33 heavy (non-hydrogen) atoms. The molecule has 2 amide bonds. The van der Waals surface area contributed by atoms with Crippen molar-refractivity contribution < 1.29 is 18.7 Å². The Labute approximate surface area is 194 Å². The van der Waals surface area contributed by atoms with Gasteiger partial charge in [0, 0.05) is 49.0 Å². The lowest BCUT2D eigenvalue weighted by Gasteiger charge is -2.25. The summed E-state index contributed by atoms with van der Waals surface area (Å²) in [6.45, 7) is 7.70. The van der Waals surface area contributed by atoms with E-state index in [1.807, 2.05) is 54.6 Å². The Bertz CT molecular complexity index is 1140. The first kappa shape index (κ1) is 22.8. The van der Waals surface area contributed by atoms with E-state index in [0.717, 1.165) is 28.3 Å². The topological polar surface area (TPSA) is 71.8 Å². The third-order valence-corrected chi connectivity index (χ3v) is 5.93. The molecule has 0 saturated heterocycles. The molecular weight excluding hydrogens is 416 g/mol. The lowest BCUT2D eigenvalue weighted by atomic mass is 9.87. The highest BCUT2D eigenvalue weighted by molar-refractivity contribution is 6.04. The summed E-state index contributed by atoms with van der Waals surface area (Å²) in [5.74, 6) is 1.52. The van der Waals surface area contributed by atoms with Gasteiger partial charge in [0.05, 0.1) is 0 Å². The summed E-state index contributed by atoms with van der Waals surface area (Å²) in [6.07, 6.45) is 0.687. The van der Waals surface area contributed by atoms with Gasteiger partial charge in [-0.3, -0.25) is 9.59 Å². The SMILES string of the molecule is COCC(=O)N1CCc2oc(-c3ccc(NC(=O)c4ccc(C(C)(C)C)cc4)cc3)cc2C1. The van der Waals surface area contributed by atoms with Crippen molar-refractivity contribution >= 4 is 17.5 Å². The van der Waals surface area contributed by atoms with Gasteiger partial charge in [0.15, 0.2) is 0 Å². The van der Waals surface area contributed by atoms with Crippen molar-refractivity contribution in [1.82, 2.24) is 4.90 Å². The Kier molecular flexibility index (Phi) is 6.38. The minimum absolute atomic E-state index is 0.0148. The zero-order chi connectivity index (χ0) is 23.6. The quantitative estimate of drug-likeness (QED) is 0.597. The highest BCUT2D eigenvalue weighted by Crippen LogP contribution is 2.30. The molecule has 0 bridgehead atoms. The van der Waals surface area contributed by atoms with Gasteiger partial charge in [-0.2, -0.15) is 0 Å². The van der Waals surface area contributed by atoms with Gasteiger partial charge in [0.2, 0.25) is 5.91 Å². The number of furan rings is 1. The maximum absolute atomic E-state index is 12.6. The average molecular weight is 447 g/mol. The van der Waals surface area contributed by atoms with Gasteiger partial charge >= 0.3 is 0 Å². The number of nitrogens with zero attached hydrogens (tertiary/aromatic N) is 1. The van der Waals surface area contributed by atoms with Crippen molar-refractivity contribution in [3.8, 4) is 11.3 Å². The van der Waals surface area contributed by atoms with E-state index in [1.165, 1.54) is 12.7 Å². The predicted octanol–water partition coefficient (Wildman–Crippen LogP) is 5.03. The number of ether oxygens (including phenoxy) is 1. The summed E-state index contributed by atoms with van der Waals surface area (Å²) in [7, 11) is 1.53. The Hall–Kier alpha value is -3.38. The van der Waals surface area contributed by atoms with Crippen LogP contribution in [0.3, 0.4) is 0 Å². The Morgan fingerprint density at radius 2 is 1.76 bits per heavy atom. The normalized spacial score (nSPS) is 13.5. The molecule has 6 heteroatoms. The van der Waals surface area contributed by atoms with Gasteiger partial charge in [-0.05, 0) is 53.4 Å². The number of anilines is 1. The summed E-state index contributed by atoms with van der Waals surface area (Å²) in [6, 6.07) is 17.3. The standard InChI is InChI=1S/C27H30N2O4/c1-27(2,3)21-9-5-19(6-10-21)26(31)28-22-11-7-18(8-12-22)24-15-20-16-29(25(30)17-32-4)14-13-23(20)33-24/h5-12,15H,13-14,16-17H2,1-4H3,(H,28,31). The van der Waals surface area contributed by atoms with Gasteiger partial charge in [-0.15, -0.1) is 0 Å². The van der Waals surface area contributed by atoms with Crippen LogP contribution < -0.4 is 5.32 Å². The van der Waals surface area contributed by atoms with Crippen LogP contribution in [0.5, 0.6) is 0 Å². The molecule has 1 aliphatic heterocycles. The number of methoxy groups -OCH3 is 1. The van der Waals surface area contributed by atoms with E-state index in [0.29, 0.717) is 25.1 Å². The molecule has 0 spiro atoms. The summed E-state index contributed by atoms with van der Waals surface area (Å²) in [5.41, 5.74) is 4.53. The number of hydrogen-bond donors (Lipinski definition) is 1. The fourth-order valence-electron chi connectivity index (χ4n) is 3.95. The number of rotatable bonds is 5. The van der Waals surface area contributed by atoms with Crippen LogP contribution in [0.2, 0.25) is 0 Å². The first-order valence-corrected chi connectivity index (χ1v) is 11.2. The molecule has 2 aromatic carbocycles. The number of nitrogens with one attached hydrogen (secondary N) is 1. The second kappa shape index (κ2) is 9.24. The van der Waals surface area contributed by atoms with Crippen molar-refractivity contribution in [1.29, 1.82) is 0 Å². The zero-order valence-corrected chi connectivity index (χ0v) is 19.6. The molecular formula is C27H30N2O4. The summed E-state index contributed by atoms with van der Waals surface area (Å²) >= 11 is 0. The second-order valence-corrected chi connectivity index (χ2v) is 9.42. The van der Waals surface area contributed by atoms with Gasteiger partial charge in [0.1, 0.15) is 18.1 Å². The van der Waals surface area contributed by atoms with E-state index >= 15 is 0 Å². The molecule has 0 radical (unpaired) electrons. The summed E-state index contributed by atoms with van der Waals surface area (Å²) in [4.78, 5) is 26.5. The van der Waals surface area contributed by atoms with Crippen molar-refractivity contribution in [3.05, 3.63) is 77.0 Å². The molecule has 0 fully saturated rings. The molecule has 0 saturated carbocycles. The van der Waals surface area contributed by atoms with E-state index < -0.39 is 0 Å². The average Bonchev–Trinajstić information content (AvgIpc) is 3.22. The molecule has 1 aliphatic rings. The van der Waals surface area contributed by atoms with Crippen LogP contribution in [0.4, 0.5) is 5.69 Å². The van der Waals surface area contributed by atoms with Crippen LogP contribution in [0, 0.1) is 0 Å². The summed E-state index contributed by atoms with van der Waals surface area (Å²) < 4.78 is 11.0. The van der Waals surface area contributed by atoms with Crippen LogP contribution in [0.1, 0.15) is 48.0 Å². The van der Waals surface area contributed by atoms with Crippen LogP contribution >= 0.6 is 0 Å². The number of benzene rings is 2. The van der Waals surface area contributed by atoms with Crippen LogP contribution in [-0.4, -0.2) is 37.0 Å².